The molecule has 0 saturated heterocycles. The molecule has 1 heterocycles. The van der Waals surface area contributed by atoms with Crippen LogP contribution in [0.15, 0.2) is 78.9 Å². The Bertz CT molecular complexity index is 1200. The van der Waals surface area contributed by atoms with Crippen molar-refractivity contribution >= 4 is 34.9 Å². The van der Waals surface area contributed by atoms with E-state index in [1.807, 2.05) is 66.2 Å². The molecule has 1 aromatic heterocycles. The summed E-state index contributed by atoms with van der Waals surface area (Å²) in [6.07, 6.45) is 0. The van der Waals surface area contributed by atoms with Crippen molar-refractivity contribution in [2.75, 3.05) is 5.32 Å². The van der Waals surface area contributed by atoms with Gasteiger partial charge in [-0.25, -0.2) is 0 Å². The highest BCUT2D eigenvalue weighted by atomic mass is 35.5. The van der Waals surface area contributed by atoms with Crippen LogP contribution in [0.25, 0.3) is 0 Å². The molecule has 1 N–H and O–H groups in total. The average Bonchev–Trinajstić information content (AvgIpc) is 3.13. The van der Waals surface area contributed by atoms with Gasteiger partial charge >= 0.3 is 0 Å². The van der Waals surface area contributed by atoms with Crippen LogP contribution in [-0.2, 0) is 13.2 Å². The van der Waals surface area contributed by atoms with Gasteiger partial charge < -0.3 is 10.1 Å². The SMILES string of the molecule is Cc1cc(NC(=O)c2ccc(COc3ccc(Cl)cc3)cc2)nn1Cc1ccc(Cl)cc1. The third-order valence-electron chi connectivity index (χ3n) is 4.90. The largest absolute Gasteiger partial charge is 0.489 e. The maximum atomic E-state index is 12.6. The second-order valence-corrected chi connectivity index (χ2v) is 8.22. The van der Waals surface area contributed by atoms with Gasteiger partial charge in [-0.2, -0.15) is 5.10 Å². The lowest BCUT2D eigenvalue weighted by atomic mass is 10.1. The molecular formula is C25H21Cl2N3O2. The van der Waals surface area contributed by atoms with E-state index in [1.54, 1.807) is 24.3 Å². The number of carbonyl (C=O) groups is 1. The monoisotopic (exact) mass is 465 g/mol. The Morgan fingerprint density at radius 3 is 2.16 bits per heavy atom. The highest BCUT2D eigenvalue weighted by molar-refractivity contribution is 6.30. The second kappa shape index (κ2) is 9.90. The zero-order chi connectivity index (χ0) is 22.5. The van der Waals surface area contributed by atoms with Crippen LogP contribution in [0.2, 0.25) is 10.0 Å². The van der Waals surface area contributed by atoms with Gasteiger partial charge in [-0.1, -0.05) is 47.5 Å². The van der Waals surface area contributed by atoms with Crippen molar-refractivity contribution in [3.63, 3.8) is 0 Å². The molecule has 3 aromatic carbocycles. The number of aryl methyl sites for hydroxylation is 1. The van der Waals surface area contributed by atoms with E-state index in [0.717, 1.165) is 22.6 Å². The van der Waals surface area contributed by atoms with Crippen LogP contribution >= 0.6 is 23.2 Å². The number of carbonyl (C=O) groups excluding carboxylic acids is 1. The lowest BCUT2D eigenvalue weighted by molar-refractivity contribution is 0.102. The smallest absolute Gasteiger partial charge is 0.256 e. The average molecular weight is 466 g/mol. The van der Waals surface area contributed by atoms with Gasteiger partial charge in [-0.05, 0) is 66.6 Å². The molecule has 0 spiro atoms. The molecule has 0 aliphatic rings. The van der Waals surface area contributed by atoms with Crippen LogP contribution in [0.5, 0.6) is 5.75 Å². The molecular weight excluding hydrogens is 445 g/mol. The van der Waals surface area contributed by atoms with Crippen molar-refractivity contribution in [3.05, 3.63) is 111 Å². The van der Waals surface area contributed by atoms with Crippen molar-refractivity contribution in [1.82, 2.24) is 9.78 Å². The van der Waals surface area contributed by atoms with E-state index in [1.165, 1.54) is 0 Å². The van der Waals surface area contributed by atoms with Crippen LogP contribution in [-0.4, -0.2) is 15.7 Å². The molecule has 0 aliphatic heterocycles. The Balaban J connectivity index is 1.35. The first-order valence-corrected chi connectivity index (χ1v) is 10.8. The highest BCUT2D eigenvalue weighted by Gasteiger charge is 2.11. The first kappa shape index (κ1) is 21.9. The predicted molar refractivity (Wildman–Crippen MR) is 128 cm³/mol. The predicted octanol–water partition coefficient (Wildman–Crippen LogP) is 6.38. The molecule has 7 heteroatoms. The van der Waals surface area contributed by atoms with E-state index in [4.69, 9.17) is 27.9 Å². The number of hydrogen-bond donors (Lipinski definition) is 1. The van der Waals surface area contributed by atoms with Crippen LogP contribution in [0.4, 0.5) is 5.82 Å². The molecule has 0 radical (unpaired) electrons. The van der Waals surface area contributed by atoms with Gasteiger partial charge in [0.25, 0.3) is 5.91 Å². The summed E-state index contributed by atoms with van der Waals surface area (Å²) in [5.41, 5.74) is 3.53. The van der Waals surface area contributed by atoms with Gasteiger partial charge in [0.15, 0.2) is 5.82 Å². The summed E-state index contributed by atoms with van der Waals surface area (Å²) in [4.78, 5) is 12.6. The summed E-state index contributed by atoms with van der Waals surface area (Å²) >= 11 is 11.8. The van der Waals surface area contributed by atoms with Gasteiger partial charge in [0.1, 0.15) is 12.4 Å². The summed E-state index contributed by atoms with van der Waals surface area (Å²) < 4.78 is 7.58. The Labute approximate surface area is 196 Å². The maximum absolute atomic E-state index is 12.6. The number of amides is 1. The number of aromatic nitrogens is 2. The molecule has 5 nitrogen and oxygen atoms in total. The lowest BCUT2D eigenvalue weighted by Gasteiger charge is -2.07. The van der Waals surface area contributed by atoms with E-state index in [2.05, 4.69) is 10.4 Å². The minimum Gasteiger partial charge on any atom is -0.489 e. The van der Waals surface area contributed by atoms with Gasteiger partial charge in [-0.3, -0.25) is 9.48 Å². The Hall–Kier alpha value is -3.28. The van der Waals surface area contributed by atoms with Crippen molar-refractivity contribution in [3.8, 4) is 5.75 Å². The van der Waals surface area contributed by atoms with E-state index in [0.29, 0.717) is 34.6 Å². The molecule has 0 unspecified atom stereocenters. The van der Waals surface area contributed by atoms with Gasteiger partial charge in [0, 0.05) is 27.4 Å². The topological polar surface area (TPSA) is 56.1 Å². The summed E-state index contributed by atoms with van der Waals surface area (Å²) in [7, 11) is 0. The standard InChI is InChI=1S/C25H21Cl2N3O2/c1-17-14-24(29-30(17)15-18-4-8-21(26)9-5-18)28-25(31)20-6-2-19(3-7-20)16-32-23-12-10-22(27)11-13-23/h2-14H,15-16H2,1H3,(H,28,29,31). The summed E-state index contributed by atoms with van der Waals surface area (Å²) in [6.45, 7) is 2.95. The second-order valence-electron chi connectivity index (χ2n) is 7.35. The van der Waals surface area contributed by atoms with E-state index in [-0.39, 0.29) is 5.91 Å². The van der Waals surface area contributed by atoms with Crippen LogP contribution in [0.1, 0.15) is 27.2 Å². The molecule has 0 aliphatic carbocycles. The molecule has 0 fully saturated rings. The fourth-order valence-corrected chi connectivity index (χ4v) is 3.38. The third-order valence-corrected chi connectivity index (χ3v) is 5.41. The Kier molecular flexibility index (Phi) is 6.78. The number of anilines is 1. The van der Waals surface area contributed by atoms with Crippen molar-refractivity contribution in [2.45, 2.75) is 20.1 Å². The van der Waals surface area contributed by atoms with Gasteiger partial charge in [0.05, 0.1) is 6.54 Å². The number of rotatable bonds is 7. The van der Waals surface area contributed by atoms with Crippen molar-refractivity contribution in [2.24, 2.45) is 0 Å². The van der Waals surface area contributed by atoms with E-state index < -0.39 is 0 Å². The van der Waals surface area contributed by atoms with E-state index >= 15 is 0 Å². The minimum atomic E-state index is -0.216. The van der Waals surface area contributed by atoms with Crippen LogP contribution in [0, 0.1) is 6.92 Å². The quantitative estimate of drug-likeness (QED) is 0.344. The van der Waals surface area contributed by atoms with Crippen LogP contribution in [0.3, 0.4) is 0 Å². The highest BCUT2D eigenvalue weighted by Crippen LogP contribution is 2.18. The zero-order valence-electron chi connectivity index (χ0n) is 17.4. The van der Waals surface area contributed by atoms with Gasteiger partial charge in [0.2, 0.25) is 0 Å². The van der Waals surface area contributed by atoms with E-state index in [9.17, 15) is 4.79 Å². The first-order valence-electron chi connectivity index (χ1n) is 10.0. The third kappa shape index (κ3) is 5.69. The Morgan fingerprint density at radius 2 is 1.50 bits per heavy atom. The van der Waals surface area contributed by atoms with Crippen molar-refractivity contribution < 1.29 is 9.53 Å². The molecule has 4 aromatic rings. The number of benzene rings is 3. The Morgan fingerprint density at radius 1 is 0.906 bits per heavy atom. The first-order chi connectivity index (χ1) is 15.5. The fourth-order valence-electron chi connectivity index (χ4n) is 3.13. The molecule has 32 heavy (non-hydrogen) atoms. The molecule has 4 rings (SSSR count). The summed E-state index contributed by atoms with van der Waals surface area (Å²) in [6, 6.07) is 23.9. The number of ether oxygens (including phenoxy) is 1. The van der Waals surface area contributed by atoms with Crippen LogP contribution < -0.4 is 10.1 Å². The van der Waals surface area contributed by atoms with Gasteiger partial charge in [-0.15, -0.1) is 0 Å². The summed E-state index contributed by atoms with van der Waals surface area (Å²) in [5.74, 6) is 1.03. The fraction of sp³-hybridized carbons (Fsp3) is 0.120. The molecule has 0 saturated carbocycles. The number of halogens is 2. The number of nitrogens with one attached hydrogen (secondary N) is 1. The normalized spacial score (nSPS) is 10.7. The lowest BCUT2D eigenvalue weighted by Crippen LogP contribution is -2.13. The molecule has 0 bridgehead atoms. The maximum Gasteiger partial charge on any atom is 0.256 e. The molecule has 1 amide bonds. The van der Waals surface area contributed by atoms with Crippen molar-refractivity contribution in [1.29, 1.82) is 0 Å². The minimum absolute atomic E-state index is 0.216. The molecule has 0 atom stereocenters. The number of hydrogen-bond acceptors (Lipinski definition) is 3. The zero-order valence-corrected chi connectivity index (χ0v) is 18.9. The summed E-state index contributed by atoms with van der Waals surface area (Å²) in [5, 5.41) is 8.72. The molecule has 162 valence electrons. The number of nitrogens with zero attached hydrogens (tertiary/aromatic N) is 2.